The van der Waals surface area contributed by atoms with Crippen LogP contribution in [-0.2, 0) is 33.6 Å². The molecule has 0 aliphatic heterocycles. The number of alkyl halides is 3. The third-order valence-corrected chi connectivity index (χ3v) is 6.27. The largest absolute Gasteiger partial charge is 0.433 e. The summed E-state index contributed by atoms with van der Waals surface area (Å²) in [5.41, 5.74) is -0.191. The van der Waals surface area contributed by atoms with Crippen molar-refractivity contribution in [3.8, 4) is 0 Å². The summed E-state index contributed by atoms with van der Waals surface area (Å²) < 4.78 is 62.5. The van der Waals surface area contributed by atoms with Crippen molar-refractivity contribution in [1.29, 1.82) is 0 Å². The number of hydrogen-bond acceptors (Lipinski definition) is 5. The van der Waals surface area contributed by atoms with Gasteiger partial charge in [0.2, 0.25) is 5.91 Å². The molecule has 1 aromatic carbocycles. The van der Waals surface area contributed by atoms with E-state index in [9.17, 15) is 26.4 Å². The monoisotopic (exact) mass is 429 g/mol. The van der Waals surface area contributed by atoms with Crippen molar-refractivity contribution in [2.45, 2.75) is 49.9 Å². The lowest BCUT2D eigenvalue weighted by Crippen LogP contribution is -2.28. The topological polar surface area (TPSA) is 89.0 Å². The summed E-state index contributed by atoms with van der Waals surface area (Å²) >= 11 is 0. The van der Waals surface area contributed by atoms with Crippen LogP contribution in [0.25, 0.3) is 0 Å². The minimum Gasteiger partial charge on any atom is -0.355 e. The SMILES string of the molecule is Cc1cc(C(F)(F)F)nc(CCNC(=O)Cc2ccc(S(=O)(=O)C(C)C)cc2)n1. The number of aryl methyl sites for hydroxylation is 1. The van der Waals surface area contributed by atoms with Crippen LogP contribution in [0.15, 0.2) is 35.2 Å². The van der Waals surface area contributed by atoms with Gasteiger partial charge in [0.15, 0.2) is 9.84 Å². The van der Waals surface area contributed by atoms with E-state index in [1.165, 1.54) is 19.1 Å². The maximum Gasteiger partial charge on any atom is 0.433 e. The van der Waals surface area contributed by atoms with Crippen LogP contribution in [0.1, 0.15) is 36.6 Å². The highest BCUT2D eigenvalue weighted by Crippen LogP contribution is 2.27. The number of carbonyl (C=O) groups excluding carboxylic acids is 1. The van der Waals surface area contributed by atoms with Crippen molar-refractivity contribution in [3.05, 3.63) is 53.1 Å². The minimum atomic E-state index is -4.55. The van der Waals surface area contributed by atoms with Gasteiger partial charge in [-0.1, -0.05) is 12.1 Å². The van der Waals surface area contributed by atoms with E-state index < -0.39 is 27.0 Å². The highest BCUT2D eigenvalue weighted by molar-refractivity contribution is 7.92. The second kappa shape index (κ2) is 8.89. The number of sulfone groups is 1. The molecule has 0 unspecified atom stereocenters. The van der Waals surface area contributed by atoms with E-state index in [1.807, 2.05) is 0 Å². The number of rotatable bonds is 7. The summed E-state index contributed by atoms with van der Waals surface area (Å²) in [6.07, 6.45) is -4.48. The molecule has 29 heavy (non-hydrogen) atoms. The molecule has 0 aliphatic carbocycles. The lowest BCUT2D eigenvalue weighted by atomic mass is 10.1. The van der Waals surface area contributed by atoms with Crippen LogP contribution in [0.2, 0.25) is 0 Å². The minimum absolute atomic E-state index is 0.000806. The van der Waals surface area contributed by atoms with Crippen LogP contribution in [0.3, 0.4) is 0 Å². The molecule has 1 N–H and O–H groups in total. The lowest BCUT2D eigenvalue weighted by molar-refractivity contribution is -0.141. The van der Waals surface area contributed by atoms with Gasteiger partial charge in [0.05, 0.1) is 16.6 Å². The molecule has 0 saturated carbocycles. The number of nitrogens with one attached hydrogen (secondary N) is 1. The van der Waals surface area contributed by atoms with Crippen molar-refractivity contribution < 1.29 is 26.4 Å². The second-order valence-electron chi connectivity index (χ2n) is 6.82. The molecule has 0 saturated heterocycles. The summed E-state index contributed by atoms with van der Waals surface area (Å²) in [5.74, 6) is -0.339. The smallest absolute Gasteiger partial charge is 0.355 e. The molecule has 10 heteroatoms. The third kappa shape index (κ3) is 6.25. The fourth-order valence-corrected chi connectivity index (χ4v) is 3.58. The molecule has 2 rings (SSSR count). The van der Waals surface area contributed by atoms with E-state index >= 15 is 0 Å². The van der Waals surface area contributed by atoms with Gasteiger partial charge < -0.3 is 5.32 Å². The standard InChI is InChI=1S/C19H22F3N3O3S/c1-12(2)29(27,28)15-6-4-14(5-7-15)11-18(26)23-9-8-17-24-13(3)10-16(25-17)19(20,21)22/h4-7,10,12H,8-9,11H2,1-3H3,(H,23,26). The summed E-state index contributed by atoms with van der Waals surface area (Å²) in [4.78, 5) is 19.7. The summed E-state index contributed by atoms with van der Waals surface area (Å²) in [7, 11) is -3.38. The van der Waals surface area contributed by atoms with Crippen molar-refractivity contribution in [1.82, 2.24) is 15.3 Å². The first-order chi connectivity index (χ1) is 13.4. The molecule has 0 radical (unpaired) electrons. The van der Waals surface area contributed by atoms with E-state index in [4.69, 9.17) is 0 Å². The Bertz CT molecular complexity index is 972. The Kier molecular flexibility index (Phi) is 6.99. The van der Waals surface area contributed by atoms with E-state index in [0.29, 0.717) is 5.56 Å². The number of carbonyl (C=O) groups is 1. The molecular formula is C19H22F3N3O3S. The highest BCUT2D eigenvalue weighted by Gasteiger charge is 2.33. The van der Waals surface area contributed by atoms with Crippen LogP contribution in [0.5, 0.6) is 0 Å². The summed E-state index contributed by atoms with van der Waals surface area (Å²) in [6, 6.07) is 6.90. The molecule has 0 atom stereocenters. The molecule has 1 aromatic heterocycles. The van der Waals surface area contributed by atoms with Gasteiger partial charge in [-0.15, -0.1) is 0 Å². The average Bonchev–Trinajstić information content (AvgIpc) is 2.61. The van der Waals surface area contributed by atoms with Gasteiger partial charge in [0, 0.05) is 18.7 Å². The quantitative estimate of drug-likeness (QED) is 0.731. The van der Waals surface area contributed by atoms with Gasteiger partial charge >= 0.3 is 6.18 Å². The zero-order valence-electron chi connectivity index (χ0n) is 16.2. The average molecular weight is 429 g/mol. The number of halogens is 3. The maximum atomic E-state index is 12.8. The Balaban J connectivity index is 1.92. The van der Waals surface area contributed by atoms with Gasteiger partial charge in [0.1, 0.15) is 11.5 Å². The van der Waals surface area contributed by atoms with E-state index in [-0.39, 0.29) is 41.7 Å². The molecule has 6 nitrogen and oxygen atoms in total. The van der Waals surface area contributed by atoms with Crippen LogP contribution >= 0.6 is 0 Å². The maximum absolute atomic E-state index is 12.8. The number of nitrogens with zero attached hydrogens (tertiary/aromatic N) is 2. The first-order valence-corrected chi connectivity index (χ1v) is 10.5. The predicted molar refractivity (Wildman–Crippen MR) is 101 cm³/mol. The van der Waals surface area contributed by atoms with Crippen LogP contribution in [-0.4, -0.2) is 36.1 Å². The first kappa shape index (κ1) is 22.8. The van der Waals surface area contributed by atoms with Crippen LogP contribution in [0.4, 0.5) is 13.2 Å². The van der Waals surface area contributed by atoms with Gasteiger partial charge in [0.25, 0.3) is 0 Å². The zero-order chi connectivity index (χ0) is 21.8. The first-order valence-electron chi connectivity index (χ1n) is 8.91. The molecule has 0 spiro atoms. The van der Waals surface area contributed by atoms with Gasteiger partial charge in [-0.05, 0) is 44.5 Å². The van der Waals surface area contributed by atoms with E-state index in [1.54, 1.807) is 26.0 Å². The Labute approximate surface area is 167 Å². The van der Waals surface area contributed by atoms with Gasteiger partial charge in [-0.25, -0.2) is 18.4 Å². The lowest BCUT2D eigenvalue weighted by Gasteiger charge is -2.10. The Morgan fingerprint density at radius 1 is 1.14 bits per heavy atom. The number of amides is 1. The highest BCUT2D eigenvalue weighted by atomic mass is 32.2. The Hall–Kier alpha value is -2.49. The van der Waals surface area contributed by atoms with E-state index in [2.05, 4.69) is 15.3 Å². The molecule has 1 amide bonds. The van der Waals surface area contributed by atoms with Crippen molar-refractivity contribution in [2.24, 2.45) is 0 Å². The molecule has 2 aromatic rings. The van der Waals surface area contributed by atoms with Crippen molar-refractivity contribution >= 4 is 15.7 Å². The van der Waals surface area contributed by atoms with Crippen molar-refractivity contribution in [2.75, 3.05) is 6.54 Å². The van der Waals surface area contributed by atoms with Crippen molar-refractivity contribution in [3.63, 3.8) is 0 Å². The molecule has 158 valence electrons. The fourth-order valence-electron chi connectivity index (χ4n) is 2.52. The van der Waals surface area contributed by atoms with Crippen LogP contribution < -0.4 is 5.32 Å². The normalized spacial score (nSPS) is 12.2. The number of benzene rings is 1. The second-order valence-corrected chi connectivity index (χ2v) is 9.33. The summed E-state index contributed by atoms with van der Waals surface area (Å²) in [6.45, 7) is 4.71. The Morgan fingerprint density at radius 3 is 2.31 bits per heavy atom. The Morgan fingerprint density at radius 2 is 1.76 bits per heavy atom. The predicted octanol–water partition coefficient (Wildman–Crippen LogP) is 2.89. The molecule has 0 bridgehead atoms. The van der Waals surface area contributed by atoms with Crippen LogP contribution in [0, 0.1) is 6.92 Å². The third-order valence-electron chi connectivity index (χ3n) is 4.10. The van der Waals surface area contributed by atoms with E-state index in [0.717, 1.165) is 6.07 Å². The summed E-state index contributed by atoms with van der Waals surface area (Å²) in [5, 5.41) is 2.06. The number of aromatic nitrogens is 2. The van der Waals surface area contributed by atoms with Gasteiger partial charge in [-0.3, -0.25) is 4.79 Å². The molecule has 0 aliphatic rings. The zero-order valence-corrected chi connectivity index (χ0v) is 17.1. The van der Waals surface area contributed by atoms with Gasteiger partial charge in [-0.2, -0.15) is 13.2 Å². The number of hydrogen-bond donors (Lipinski definition) is 1. The fraction of sp³-hybridized carbons (Fsp3) is 0.421. The molecular weight excluding hydrogens is 407 g/mol. The molecule has 1 heterocycles. The molecule has 0 fully saturated rings.